The van der Waals surface area contributed by atoms with Gasteiger partial charge in [-0.25, -0.2) is 8.42 Å². The first kappa shape index (κ1) is 15.3. The van der Waals surface area contributed by atoms with Crippen LogP contribution in [0.5, 0.6) is 5.75 Å². The molecule has 5 heteroatoms. The molecule has 0 spiro atoms. The van der Waals surface area contributed by atoms with Crippen LogP contribution in [0, 0.1) is 5.92 Å². The number of nitrogens with one attached hydrogen (secondary N) is 1. The van der Waals surface area contributed by atoms with Crippen molar-refractivity contribution >= 4 is 9.84 Å². The Morgan fingerprint density at radius 2 is 2.20 bits per heavy atom. The van der Waals surface area contributed by atoms with Crippen molar-refractivity contribution in [1.29, 1.82) is 0 Å². The Morgan fingerprint density at radius 1 is 1.40 bits per heavy atom. The molecule has 1 fully saturated rings. The zero-order valence-electron chi connectivity index (χ0n) is 12.1. The van der Waals surface area contributed by atoms with Gasteiger partial charge in [0.1, 0.15) is 11.9 Å². The molecule has 1 N–H and O–H groups in total. The van der Waals surface area contributed by atoms with E-state index in [4.69, 9.17) is 4.74 Å². The van der Waals surface area contributed by atoms with E-state index < -0.39 is 9.84 Å². The molecule has 1 heterocycles. The predicted octanol–water partition coefficient (Wildman–Crippen LogP) is 2.00. The third-order valence-electron chi connectivity index (χ3n) is 3.27. The Labute approximate surface area is 121 Å². The molecular weight excluding hydrogens is 274 g/mol. The molecule has 0 radical (unpaired) electrons. The van der Waals surface area contributed by atoms with Crippen LogP contribution in [-0.2, 0) is 16.4 Å². The Kier molecular flexibility index (Phi) is 5.05. The molecule has 112 valence electrons. The number of hydrogen-bond donors (Lipinski definition) is 1. The molecule has 0 amide bonds. The number of benzene rings is 1. The Bertz CT molecular complexity index is 540. The average Bonchev–Trinajstić information content (AvgIpc) is 2.68. The quantitative estimate of drug-likeness (QED) is 0.872. The van der Waals surface area contributed by atoms with Crippen LogP contribution in [-0.4, -0.2) is 32.6 Å². The van der Waals surface area contributed by atoms with Crippen molar-refractivity contribution in [1.82, 2.24) is 5.32 Å². The fourth-order valence-corrected chi connectivity index (χ4v) is 3.87. The summed E-state index contributed by atoms with van der Waals surface area (Å²) in [6, 6.07) is 7.87. The first-order valence-corrected chi connectivity index (χ1v) is 8.93. The van der Waals surface area contributed by atoms with Gasteiger partial charge in [0.05, 0.1) is 11.5 Å². The predicted molar refractivity (Wildman–Crippen MR) is 80.7 cm³/mol. The van der Waals surface area contributed by atoms with E-state index in [0.717, 1.165) is 24.4 Å². The summed E-state index contributed by atoms with van der Waals surface area (Å²) in [5.41, 5.74) is 1.16. The lowest BCUT2D eigenvalue weighted by Crippen LogP contribution is -2.19. The standard InChI is InChI=1S/C15H23NO3S/c1-12(2)9-16-10-13-4-3-5-14(8-13)19-15-6-7-20(17,18)11-15/h3-5,8,12,15-16H,6-7,9-11H2,1-2H3. The molecule has 0 saturated carbocycles. The number of sulfone groups is 1. The van der Waals surface area contributed by atoms with Crippen LogP contribution in [0.2, 0.25) is 0 Å². The van der Waals surface area contributed by atoms with Gasteiger partial charge < -0.3 is 10.1 Å². The second-order valence-electron chi connectivity index (χ2n) is 5.82. The van der Waals surface area contributed by atoms with Crippen LogP contribution >= 0.6 is 0 Å². The van der Waals surface area contributed by atoms with Gasteiger partial charge in [0.15, 0.2) is 9.84 Å². The Morgan fingerprint density at radius 3 is 2.85 bits per heavy atom. The van der Waals surface area contributed by atoms with Crippen molar-refractivity contribution in [3.8, 4) is 5.75 Å². The largest absolute Gasteiger partial charge is 0.489 e. The summed E-state index contributed by atoms with van der Waals surface area (Å²) in [5.74, 6) is 1.77. The van der Waals surface area contributed by atoms with Crippen LogP contribution in [0.3, 0.4) is 0 Å². The highest BCUT2D eigenvalue weighted by Crippen LogP contribution is 2.20. The fraction of sp³-hybridized carbons (Fsp3) is 0.600. The molecule has 1 atom stereocenters. The van der Waals surface area contributed by atoms with Gasteiger partial charge in [-0.2, -0.15) is 0 Å². The molecule has 1 aromatic rings. The van der Waals surface area contributed by atoms with E-state index in [2.05, 4.69) is 19.2 Å². The minimum Gasteiger partial charge on any atom is -0.489 e. The Hall–Kier alpha value is -1.07. The molecule has 20 heavy (non-hydrogen) atoms. The summed E-state index contributed by atoms with van der Waals surface area (Å²) in [4.78, 5) is 0. The van der Waals surface area contributed by atoms with Crippen molar-refractivity contribution in [3.63, 3.8) is 0 Å². The summed E-state index contributed by atoms with van der Waals surface area (Å²) in [6.45, 7) is 6.13. The summed E-state index contributed by atoms with van der Waals surface area (Å²) >= 11 is 0. The molecule has 1 aromatic carbocycles. The third-order valence-corrected chi connectivity index (χ3v) is 5.01. The van der Waals surface area contributed by atoms with E-state index in [0.29, 0.717) is 12.3 Å². The number of hydrogen-bond acceptors (Lipinski definition) is 4. The third kappa shape index (κ3) is 4.80. The lowest BCUT2D eigenvalue weighted by Gasteiger charge is -2.13. The molecule has 1 unspecified atom stereocenters. The van der Waals surface area contributed by atoms with Gasteiger partial charge in [0.2, 0.25) is 0 Å². The molecular formula is C15H23NO3S. The fourth-order valence-electron chi connectivity index (χ4n) is 2.28. The first-order valence-electron chi connectivity index (χ1n) is 7.11. The topological polar surface area (TPSA) is 55.4 Å². The van der Waals surface area contributed by atoms with Crippen molar-refractivity contribution in [2.24, 2.45) is 5.92 Å². The summed E-state index contributed by atoms with van der Waals surface area (Å²) in [6.07, 6.45) is 0.400. The summed E-state index contributed by atoms with van der Waals surface area (Å²) < 4.78 is 28.6. The average molecular weight is 297 g/mol. The highest BCUT2D eigenvalue weighted by molar-refractivity contribution is 7.91. The van der Waals surface area contributed by atoms with E-state index in [9.17, 15) is 8.42 Å². The van der Waals surface area contributed by atoms with Gasteiger partial charge in [0, 0.05) is 6.54 Å². The van der Waals surface area contributed by atoms with E-state index in [1.165, 1.54) is 0 Å². The molecule has 4 nitrogen and oxygen atoms in total. The van der Waals surface area contributed by atoms with Crippen LogP contribution < -0.4 is 10.1 Å². The Balaban J connectivity index is 1.89. The molecule has 1 aliphatic heterocycles. The highest BCUT2D eigenvalue weighted by atomic mass is 32.2. The second kappa shape index (κ2) is 6.59. The van der Waals surface area contributed by atoms with Crippen molar-refractivity contribution in [3.05, 3.63) is 29.8 Å². The maximum atomic E-state index is 11.4. The maximum Gasteiger partial charge on any atom is 0.154 e. The number of ether oxygens (including phenoxy) is 1. The van der Waals surface area contributed by atoms with E-state index in [1.54, 1.807) is 0 Å². The van der Waals surface area contributed by atoms with Gasteiger partial charge in [0.25, 0.3) is 0 Å². The molecule has 0 aromatic heterocycles. The van der Waals surface area contributed by atoms with Crippen LogP contribution in [0.4, 0.5) is 0 Å². The van der Waals surface area contributed by atoms with E-state index in [1.807, 2.05) is 24.3 Å². The smallest absolute Gasteiger partial charge is 0.154 e. The minimum absolute atomic E-state index is 0.142. The van der Waals surface area contributed by atoms with Crippen LogP contribution in [0.25, 0.3) is 0 Å². The maximum absolute atomic E-state index is 11.4. The monoisotopic (exact) mass is 297 g/mol. The highest BCUT2D eigenvalue weighted by Gasteiger charge is 2.29. The van der Waals surface area contributed by atoms with Gasteiger partial charge >= 0.3 is 0 Å². The van der Waals surface area contributed by atoms with E-state index >= 15 is 0 Å². The SMILES string of the molecule is CC(C)CNCc1cccc(OC2CCS(=O)(=O)C2)c1. The zero-order chi connectivity index (χ0) is 14.6. The van der Waals surface area contributed by atoms with Gasteiger partial charge in [-0.05, 0) is 36.6 Å². The first-order chi connectivity index (χ1) is 9.44. The molecule has 0 bridgehead atoms. The normalized spacial score (nSPS) is 21.2. The zero-order valence-corrected chi connectivity index (χ0v) is 12.9. The minimum atomic E-state index is -2.89. The lowest BCUT2D eigenvalue weighted by atomic mass is 10.2. The summed E-state index contributed by atoms with van der Waals surface area (Å²) in [7, 11) is -2.89. The molecule has 0 aliphatic carbocycles. The molecule has 2 rings (SSSR count). The van der Waals surface area contributed by atoms with Crippen LogP contribution in [0.1, 0.15) is 25.8 Å². The molecule has 1 saturated heterocycles. The van der Waals surface area contributed by atoms with Gasteiger partial charge in [-0.3, -0.25) is 0 Å². The molecule has 1 aliphatic rings. The van der Waals surface area contributed by atoms with Crippen molar-refractivity contribution < 1.29 is 13.2 Å². The van der Waals surface area contributed by atoms with Gasteiger partial charge in [-0.1, -0.05) is 26.0 Å². The lowest BCUT2D eigenvalue weighted by molar-refractivity contribution is 0.228. The second-order valence-corrected chi connectivity index (χ2v) is 8.04. The van der Waals surface area contributed by atoms with Crippen LogP contribution in [0.15, 0.2) is 24.3 Å². The van der Waals surface area contributed by atoms with Crippen molar-refractivity contribution in [2.75, 3.05) is 18.1 Å². The number of rotatable bonds is 6. The van der Waals surface area contributed by atoms with E-state index in [-0.39, 0.29) is 17.6 Å². The van der Waals surface area contributed by atoms with Gasteiger partial charge in [-0.15, -0.1) is 0 Å². The van der Waals surface area contributed by atoms with Crippen molar-refractivity contribution in [2.45, 2.75) is 32.9 Å². The summed E-state index contributed by atoms with van der Waals surface area (Å²) in [5, 5.41) is 3.38.